The molecule has 0 saturated heterocycles. The Balaban J connectivity index is 1.48. The lowest BCUT2D eigenvalue weighted by Crippen LogP contribution is -2.13. The van der Waals surface area contributed by atoms with Crippen LogP contribution in [0.1, 0.15) is 17.4 Å². The number of carboxylic acid groups (broad SMARTS) is 1. The second-order valence-corrected chi connectivity index (χ2v) is 8.90. The molecule has 0 bridgehead atoms. The number of aromatic amines is 2. The quantitative estimate of drug-likeness (QED) is 0.191. The highest BCUT2D eigenvalue weighted by molar-refractivity contribution is 7.99. The molecule has 1 unspecified atom stereocenters. The number of nitrogens with one attached hydrogen (secondary N) is 2. The summed E-state index contributed by atoms with van der Waals surface area (Å²) in [7, 11) is 0. The van der Waals surface area contributed by atoms with Crippen molar-refractivity contribution in [3.05, 3.63) is 95.9 Å². The van der Waals surface area contributed by atoms with Gasteiger partial charge in [0.05, 0.1) is 22.3 Å². The van der Waals surface area contributed by atoms with E-state index in [0.717, 1.165) is 5.39 Å². The van der Waals surface area contributed by atoms with Gasteiger partial charge in [0, 0.05) is 23.2 Å². The Kier molecular flexibility index (Phi) is 6.93. The maximum absolute atomic E-state index is 14.9. The number of rotatable bonds is 9. The van der Waals surface area contributed by atoms with Crippen molar-refractivity contribution in [3.63, 3.8) is 0 Å². The molecule has 0 spiro atoms. The van der Waals surface area contributed by atoms with Crippen molar-refractivity contribution in [2.24, 2.45) is 0 Å². The van der Waals surface area contributed by atoms with Gasteiger partial charge >= 0.3 is 5.97 Å². The van der Waals surface area contributed by atoms with Gasteiger partial charge in [-0.15, -0.1) is 11.8 Å². The summed E-state index contributed by atoms with van der Waals surface area (Å²) in [5.74, 6) is -1.78. The van der Waals surface area contributed by atoms with Crippen LogP contribution in [0.15, 0.2) is 78.0 Å². The van der Waals surface area contributed by atoms with Crippen molar-refractivity contribution in [2.45, 2.75) is 11.0 Å². The van der Waals surface area contributed by atoms with E-state index >= 15 is 0 Å². The van der Waals surface area contributed by atoms with E-state index in [1.807, 2.05) is 18.4 Å². The number of fused-ring (bicyclic) bond motifs is 1. The van der Waals surface area contributed by atoms with Crippen molar-refractivity contribution in [2.75, 3.05) is 12.9 Å². The second kappa shape index (κ2) is 10.5. The first-order valence-electron chi connectivity index (χ1n) is 11.2. The maximum Gasteiger partial charge on any atom is 0.329 e. The number of carboxylic acids is 1. The summed E-state index contributed by atoms with van der Waals surface area (Å²) in [6.07, 6.45) is 4.26. The Morgan fingerprint density at radius 1 is 1.11 bits per heavy atom. The van der Waals surface area contributed by atoms with Gasteiger partial charge in [-0.3, -0.25) is 0 Å². The summed E-state index contributed by atoms with van der Waals surface area (Å²) in [5.41, 5.74) is 1.90. The molecule has 0 aliphatic rings. The van der Waals surface area contributed by atoms with Crippen molar-refractivity contribution in [1.82, 2.24) is 15.0 Å². The highest BCUT2D eigenvalue weighted by Crippen LogP contribution is 2.40. The van der Waals surface area contributed by atoms with Crippen LogP contribution in [0.25, 0.3) is 22.3 Å². The average Bonchev–Trinajstić information content (AvgIpc) is 3.56. The lowest BCUT2D eigenvalue weighted by Gasteiger charge is -2.16. The number of nitrogens with zero attached hydrogens (tertiary/aromatic N) is 1. The molecule has 3 aromatic carbocycles. The molecule has 2 aromatic heterocycles. The number of H-pyrrole nitrogens is 2. The smallest absolute Gasteiger partial charge is 0.329 e. The van der Waals surface area contributed by atoms with Crippen LogP contribution in [0, 0.1) is 11.6 Å². The summed E-state index contributed by atoms with van der Waals surface area (Å²) in [6, 6.07) is 16.3. The molecular formula is C27H21F2N3O4S. The molecule has 0 amide bonds. The number of ether oxygens (including phenoxy) is 2. The third kappa shape index (κ3) is 5.07. The van der Waals surface area contributed by atoms with E-state index in [1.54, 1.807) is 30.5 Å². The normalized spacial score (nSPS) is 12.1. The molecule has 5 rings (SSSR count). The van der Waals surface area contributed by atoms with Gasteiger partial charge in [0.1, 0.15) is 30.1 Å². The minimum Gasteiger partial charge on any atom is -0.480 e. The number of halogens is 2. The van der Waals surface area contributed by atoms with E-state index in [1.165, 1.54) is 42.2 Å². The van der Waals surface area contributed by atoms with Crippen molar-refractivity contribution >= 4 is 28.6 Å². The van der Waals surface area contributed by atoms with E-state index in [2.05, 4.69) is 15.0 Å². The summed E-state index contributed by atoms with van der Waals surface area (Å²) in [5, 5.41) is 9.90. The van der Waals surface area contributed by atoms with Crippen LogP contribution in [0.3, 0.4) is 0 Å². The van der Waals surface area contributed by atoms with E-state index < -0.39 is 30.3 Å². The third-order valence-corrected chi connectivity index (χ3v) is 6.50. The molecule has 2 heterocycles. The van der Waals surface area contributed by atoms with E-state index in [0.29, 0.717) is 21.7 Å². The minimum absolute atomic E-state index is 0.0449. The molecule has 188 valence electrons. The first-order valence-corrected chi connectivity index (χ1v) is 12.4. The monoisotopic (exact) mass is 521 g/mol. The number of carbonyl (C=O) groups is 1. The molecule has 5 aromatic rings. The van der Waals surface area contributed by atoms with Crippen LogP contribution in [-0.2, 0) is 9.53 Å². The zero-order chi connectivity index (χ0) is 25.9. The summed E-state index contributed by atoms with van der Waals surface area (Å²) >= 11 is 1.34. The molecule has 0 fully saturated rings. The summed E-state index contributed by atoms with van der Waals surface area (Å²) in [4.78, 5) is 22.0. The van der Waals surface area contributed by atoms with Gasteiger partial charge in [0.25, 0.3) is 0 Å². The number of aliphatic carboxylic acids is 1. The lowest BCUT2D eigenvalue weighted by molar-refractivity contribution is -0.143. The van der Waals surface area contributed by atoms with Crippen LogP contribution in [0.2, 0.25) is 0 Å². The third-order valence-electron chi connectivity index (χ3n) is 5.69. The molecule has 0 aliphatic heterocycles. The predicted octanol–water partition coefficient (Wildman–Crippen LogP) is 6.54. The van der Waals surface area contributed by atoms with E-state index in [9.17, 15) is 13.6 Å². The Morgan fingerprint density at radius 2 is 1.92 bits per heavy atom. The van der Waals surface area contributed by atoms with Gasteiger partial charge < -0.3 is 24.5 Å². The van der Waals surface area contributed by atoms with Gasteiger partial charge in [-0.05, 0) is 36.1 Å². The van der Waals surface area contributed by atoms with Gasteiger partial charge in [-0.1, -0.05) is 30.3 Å². The average molecular weight is 522 g/mol. The SMILES string of the molecule is CSc1c(Oc2ccc(F)c(-c3ncc(C(OCC(=O)O)c4ccccc4)[nH]3)c2)c(F)cc2[nH]ccc12. The largest absolute Gasteiger partial charge is 0.480 e. The number of benzene rings is 3. The predicted molar refractivity (Wildman–Crippen MR) is 136 cm³/mol. The molecule has 0 radical (unpaired) electrons. The highest BCUT2D eigenvalue weighted by Gasteiger charge is 2.21. The molecule has 7 nitrogen and oxygen atoms in total. The van der Waals surface area contributed by atoms with Crippen LogP contribution in [0.5, 0.6) is 11.5 Å². The van der Waals surface area contributed by atoms with E-state index in [-0.39, 0.29) is 22.9 Å². The van der Waals surface area contributed by atoms with Gasteiger partial charge in [0.2, 0.25) is 0 Å². The molecule has 1 atom stereocenters. The molecule has 0 saturated carbocycles. The number of hydrogen-bond donors (Lipinski definition) is 3. The Morgan fingerprint density at radius 3 is 2.68 bits per heavy atom. The fourth-order valence-electron chi connectivity index (χ4n) is 4.04. The van der Waals surface area contributed by atoms with E-state index in [4.69, 9.17) is 14.6 Å². The van der Waals surface area contributed by atoms with Crippen molar-refractivity contribution in [3.8, 4) is 22.9 Å². The fraction of sp³-hybridized carbons (Fsp3) is 0.111. The van der Waals surface area contributed by atoms with Gasteiger partial charge in [-0.2, -0.15) is 0 Å². The summed E-state index contributed by atoms with van der Waals surface area (Å²) in [6.45, 7) is -0.527. The van der Waals surface area contributed by atoms with Crippen LogP contribution < -0.4 is 4.74 Å². The molecule has 3 N–H and O–H groups in total. The molecule has 10 heteroatoms. The first kappa shape index (κ1) is 24.5. The number of hydrogen-bond acceptors (Lipinski definition) is 5. The maximum atomic E-state index is 14.9. The Bertz CT molecular complexity index is 1570. The van der Waals surface area contributed by atoms with Crippen molar-refractivity contribution in [1.29, 1.82) is 0 Å². The zero-order valence-corrected chi connectivity index (χ0v) is 20.3. The zero-order valence-electron chi connectivity index (χ0n) is 19.5. The number of thioether (sulfide) groups is 1. The number of imidazole rings is 1. The van der Waals surface area contributed by atoms with Crippen molar-refractivity contribution < 1.29 is 28.2 Å². The minimum atomic E-state index is -1.12. The van der Waals surface area contributed by atoms with Crippen LogP contribution in [-0.4, -0.2) is 38.9 Å². The summed E-state index contributed by atoms with van der Waals surface area (Å²) < 4.78 is 41.3. The molecular weight excluding hydrogens is 500 g/mol. The molecule has 37 heavy (non-hydrogen) atoms. The second-order valence-electron chi connectivity index (χ2n) is 8.09. The number of aromatic nitrogens is 3. The van der Waals surface area contributed by atoms with Gasteiger partial charge in [-0.25, -0.2) is 18.6 Å². The van der Waals surface area contributed by atoms with Gasteiger partial charge in [0.15, 0.2) is 11.6 Å². The standard InChI is InChI=1S/C27H21F2N3O4S/c1-37-26-17-9-10-30-21(17)12-20(29)25(26)36-16-7-8-19(28)18(11-16)27-31-13-22(32-27)24(35-14-23(33)34)15-5-3-2-4-6-15/h2-13,24,30H,14H2,1H3,(H,31,32)(H,33,34). The highest BCUT2D eigenvalue weighted by atomic mass is 32.2. The Labute approximate surface area is 214 Å². The lowest BCUT2D eigenvalue weighted by atomic mass is 10.1. The first-order chi connectivity index (χ1) is 17.9. The van der Waals surface area contributed by atoms with Crippen LogP contribution >= 0.6 is 11.8 Å². The molecule has 0 aliphatic carbocycles. The fourth-order valence-corrected chi connectivity index (χ4v) is 4.76. The topological polar surface area (TPSA) is 100 Å². The van der Waals surface area contributed by atoms with Crippen LogP contribution in [0.4, 0.5) is 8.78 Å². The Hall–Kier alpha value is -4.15.